The zero-order valence-electron chi connectivity index (χ0n) is 16.4. The van der Waals surface area contributed by atoms with Crippen molar-refractivity contribution in [1.82, 2.24) is 4.90 Å². The second-order valence-corrected chi connectivity index (χ2v) is 8.01. The number of nitrogens with zero attached hydrogens (tertiary/aromatic N) is 2. The molecule has 0 radical (unpaired) electrons. The first-order chi connectivity index (χ1) is 14.4. The minimum atomic E-state index is -1.63. The van der Waals surface area contributed by atoms with Crippen molar-refractivity contribution in [2.24, 2.45) is 0 Å². The lowest BCUT2D eigenvalue weighted by molar-refractivity contribution is -0.149. The average Bonchev–Trinajstić information content (AvgIpc) is 3.12. The van der Waals surface area contributed by atoms with Gasteiger partial charge in [-0.1, -0.05) is 18.2 Å². The number of carbonyl (C=O) groups excluding carboxylic acids is 1. The molecule has 6 nitrogen and oxygen atoms in total. The number of nitriles is 1. The largest absolute Gasteiger partial charge is 0.493 e. The van der Waals surface area contributed by atoms with Gasteiger partial charge in [0.15, 0.2) is 17.2 Å². The number of methoxy groups -OCH3 is 2. The highest BCUT2D eigenvalue weighted by molar-refractivity contribution is 8.03. The molecular formula is C22H19FN2O4S. The van der Waals surface area contributed by atoms with Crippen molar-refractivity contribution >= 4 is 17.7 Å². The van der Waals surface area contributed by atoms with E-state index < -0.39 is 17.5 Å². The number of benzene rings is 2. The SMILES string of the molecule is COc1ccc(C2(O)CSC3=C(C#N)C(c4cccc(F)c4)CC(=O)N32)cc1OC. The monoisotopic (exact) mass is 426 g/mol. The summed E-state index contributed by atoms with van der Waals surface area (Å²) >= 11 is 1.24. The van der Waals surface area contributed by atoms with E-state index >= 15 is 0 Å². The van der Waals surface area contributed by atoms with Gasteiger partial charge < -0.3 is 14.6 Å². The van der Waals surface area contributed by atoms with Crippen LogP contribution in [0.3, 0.4) is 0 Å². The van der Waals surface area contributed by atoms with Crippen LogP contribution in [0, 0.1) is 17.1 Å². The number of fused-ring (bicyclic) bond motifs is 1. The smallest absolute Gasteiger partial charge is 0.231 e. The Kier molecular flexibility index (Phi) is 5.18. The minimum absolute atomic E-state index is 0.0357. The molecule has 2 aliphatic rings. The van der Waals surface area contributed by atoms with E-state index in [1.807, 2.05) is 0 Å². The van der Waals surface area contributed by atoms with Gasteiger partial charge >= 0.3 is 0 Å². The van der Waals surface area contributed by atoms with Crippen LogP contribution in [-0.2, 0) is 10.5 Å². The lowest BCUT2D eigenvalue weighted by Gasteiger charge is -2.38. The average molecular weight is 426 g/mol. The number of carbonyl (C=O) groups is 1. The van der Waals surface area contributed by atoms with Crippen LogP contribution in [0.2, 0.25) is 0 Å². The Balaban J connectivity index is 1.80. The number of hydrogen-bond donors (Lipinski definition) is 1. The molecular weight excluding hydrogens is 407 g/mol. The fraction of sp³-hybridized carbons (Fsp3) is 0.273. The van der Waals surface area contributed by atoms with Crippen LogP contribution < -0.4 is 9.47 Å². The molecule has 2 atom stereocenters. The van der Waals surface area contributed by atoms with E-state index in [0.29, 0.717) is 33.2 Å². The van der Waals surface area contributed by atoms with Crippen molar-refractivity contribution in [2.45, 2.75) is 18.1 Å². The van der Waals surface area contributed by atoms with Crippen LogP contribution >= 0.6 is 11.8 Å². The Hall–Kier alpha value is -3.02. The van der Waals surface area contributed by atoms with E-state index in [-0.39, 0.29) is 18.1 Å². The molecule has 1 fully saturated rings. The van der Waals surface area contributed by atoms with Gasteiger partial charge in [-0.2, -0.15) is 5.26 Å². The van der Waals surface area contributed by atoms with Gasteiger partial charge in [-0.05, 0) is 29.8 Å². The number of thioether (sulfide) groups is 1. The molecule has 0 spiro atoms. The van der Waals surface area contributed by atoms with Crippen LogP contribution in [0.4, 0.5) is 4.39 Å². The second kappa shape index (κ2) is 7.67. The van der Waals surface area contributed by atoms with Crippen LogP contribution in [-0.4, -0.2) is 35.9 Å². The minimum Gasteiger partial charge on any atom is -0.493 e. The lowest BCUT2D eigenvalue weighted by Crippen LogP contribution is -2.48. The second-order valence-electron chi connectivity index (χ2n) is 7.05. The molecule has 1 saturated heterocycles. The molecule has 2 aromatic carbocycles. The predicted octanol–water partition coefficient (Wildman–Crippen LogP) is 3.49. The molecule has 2 unspecified atom stereocenters. The van der Waals surface area contributed by atoms with Gasteiger partial charge in [-0.15, -0.1) is 11.8 Å². The molecule has 1 amide bonds. The van der Waals surface area contributed by atoms with E-state index in [1.54, 1.807) is 30.3 Å². The molecule has 0 aromatic heterocycles. The summed E-state index contributed by atoms with van der Waals surface area (Å²) in [4.78, 5) is 14.4. The zero-order chi connectivity index (χ0) is 21.5. The molecule has 2 aromatic rings. The van der Waals surface area contributed by atoms with E-state index in [4.69, 9.17) is 9.47 Å². The highest BCUT2D eigenvalue weighted by atomic mass is 32.2. The van der Waals surface area contributed by atoms with Gasteiger partial charge in [0.05, 0.1) is 36.6 Å². The first-order valence-corrected chi connectivity index (χ1v) is 10.2. The quantitative estimate of drug-likeness (QED) is 0.806. The van der Waals surface area contributed by atoms with E-state index in [2.05, 4.69) is 6.07 Å². The summed E-state index contributed by atoms with van der Waals surface area (Å²) in [6.45, 7) is 0. The summed E-state index contributed by atoms with van der Waals surface area (Å²) < 4.78 is 24.3. The summed E-state index contributed by atoms with van der Waals surface area (Å²) in [7, 11) is 3.00. The number of allylic oxidation sites excluding steroid dienone is 1. The highest BCUT2D eigenvalue weighted by Gasteiger charge is 2.52. The van der Waals surface area contributed by atoms with E-state index in [0.717, 1.165) is 0 Å². The third kappa shape index (κ3) is 3.11. The number of aliphatic hydroxyl groups is 1. The number of halogens is 1. The van der Waals surface area contributed by atoms with Gasteiger partial charge in [0, 0.05) is 17.9 Å². The normalized spacial score (nSPS) is 23.2. The Morgan fingerprint density at radius 2 is 2.00 bits per heavy atom. The van der Waals surface area contributed by atoms with Gasteiger partial charge in [-0.3, -0.25) is 9.69 Å². The number of hydrogen-bond acceptors (Lipinski definition) is 6. The van der Waals surface area contributed by atoms with Gasteiger partial charge in [0.1, 0.15) is 5.82 Å². The van der Waals surface area contributed by atoms with Gasteiger partial charge in [0.25, 0.3) is 0 Å². The van der Waals surface area contributed by atoms with Crippen molar-refractivity contribution in [2.75, 3.05) is 20.0 Å². The predicted molar refractivity (Wildman–Crippen MR) is 109 cm³/mol. The molecule has 1 N–H and O–H groups in total. The molecule has 4 rings (SSSR count). The molecule has 154 valence electrons. The van der Waals surface area contributed by atoms with Crippen molar-refractivity contribution in [3.63, 3.8) is 0 Å². The van der Waals surface area contributed by atoms with Crippen molar-refractivity contribution in [1.29, 1.82) is 5.26 Å². The van der Waals surface area contributed by atoms with Crippen molar-refractivity contribution < 1.29 is 23.8 Å². The fourth-order valence-electron chi connectivity index (χ4n) is 3.93. The number of amides is 1. The third-order valence-corrected chi connectivity index (χ3v) is 6.63. The fourth-order valence-corrected chi connectivity index (χ4v) is 5.29. The van der Waals surface area contributed by atoms with Crippen LogP contribution in [0.25, 0.3) is 0 Å². The lowest BCUT2D eigenvalue weighted by atomic mass is 9.85. The van der Waals surface area contributed by atoms with Crippen molar-refractivity contribution in [3.05, 3.63) is 70.0 Å². The van der Waals surface area contributed by atoms with Gasteiger partial charge in [-0.25, -0.2) is 4.39 Å². The highest BCUT2D eigenvalue weighted by Crippen LogP contribution is 2.52. The van der Waals surface area contributed by atoms with Gasteiger partial charge in [0.2, 0.25) is 5.91 Å². The summed E-state index contributed by atoms with van der Waals surface area (Å²) in [6.07, 6.45) is -0.0357. The maximum Gasteiger partial charge on any atom is 0.231 e. The molecule has 8 heteroatoms. The van der Waals surface area contributed by atoms with Crippen LogP contribution in [0.5, 0.6) is 11.5 Å². The number of ether oxygens (including phenoxy) is 2. The third-order valence-electron chi connectivity index (χ3n) is 5.41. The molecule has 2 heterocycles. The standard InChI is InChI=1S/C22H19FN2O4S/c1-28-18-7-6-14(9-19(18)29-2)22(27)12-30-21-17(11-24)16(10-20(26)25(21)22)13-4-3-5-15(23)8-13/h3-9,16,27H,10,12H2,1-2H3. The summed E-state index contributed by atoms with van der Waals surface area (Å²) in [5.41, 5.74) is -0.264. The topological polar surface area (TPSA) is 82.8 Å². The maximum atomic E-state index is 13.7. The molecule has 0 aliphatic carbocycles. The Bertz CT molecular complexity index is 1100. The van der Waals surface area contributed by atoms with E-state index in [9.17, 15) is 19.6 Å². The van der Waals surface area contributed by atoms with Crippen LogP contribution in [0.1, 0.15) is 23.5 Å². The van der Waals surface area contributed by atoms with E-state index in [1.165, 1.54) is 43.0 Å². The van der Waals surface area contributed by atoms with Crippen LogP contribution in [0.15, 0.2) is 53.1 Å². The Labute approximate surface area is 177 Å². The number of rotatable bonds is 4. The first-order valence-electron chi connectivity index (χ1n) is 9.23. The molecule has 30 heavy (non-hydrogen) atoms. The zero-order valence-corrected chi connectivity index (χ0v) is 17.2. The molecule has 2 aliphatic heterocycles. The maximum absolute atomic E-state index is 13.7. The molecule has 0 bridgehead atoms. The Morgan fingerprint density at radius 1 is 1.23 bits per heavy atom. The summed E-state index contributed by atoms with van der Waals surface area (Å²) in [5.74, 6) is -0.227. The summed E-state index contributed by atoms with van der Waals surface area (Å²) in [5, 5.41) is 21.8. The molecule has 0 saturated carbocycles. The summed E-state index contributed by atoms with van der Waals surface area (Å²) in [6, 6.07) is 13.1. The van der Waals surface area contributed by atoms with Crippen molar-refractivity contribution in [3.8, 4) is 17.6 Å². The first kappa shape index (κ1) is 20.3. The Morgan fingerprint density at radius 3 is 2.67 bits per heavy atom.